The first-order valence-electron chi connectivity index (χ1n) is 5.29. The van der Waals surface area contributed by atoms with Crippen LogP contribution in [0.25, 0.3) is 0 Å². The largest absolute Gasteiger partial charge is 0.525 e. The van der Waals surface area contributed by atoms with Gasteiger partial charge in [-0.3, -0.25) is 9.79 Å². The molecule has 20 heavy (non-hydrogen) atoms. The Morgan fingerprint density at radius 2 is 1.90 bits per heavy atom. The van der Waals surface area contributed by atoms with E-state index < -0.39 is 44.2 Å². The SMILES string of the molecule is COC(=O)/C(=C\[C@H]1OC(O)[C@H](O)[C@H]1OC)OP(=O)(O)O. The zero-order chi connectivity index (χ0) is 15.5. The van der Waals surface area contributed by atoms with Gasteiger partial charge in [0.1, 0.15) is 18.3 Å². The Kier molecular flexibility index (Phi) is 5.66. The molecule has 0 aromatic heterocycles. The van der Waals surface area contributed by atoms with E-state index in [-0.39, 0.29) is 0 Å². The summed E-state index contributed by atoms with van der Waals surface area (Å²) in [7, 11) is -2.80. The van der Waals surface area contributed by atoms with E-state index in [1.807, 2.05) is 0 Å². The molecule has 1 aliphatic heterocycles. The lowest BCUT2D eigenvalue weighted by molar-refractivity contribution is -0.139. The average Bonchev–Trinajstić information content (AvgIpc) is 2.61. The number of carbonyl (C=O) groups excluding carboxylic acids is 1. The minimum absolute atomic E-state index is 0.825. The van der Waals surface area contributed by atoms with Gasteiger partial charge in [-0.1, -0.05) is 0 Å². The lowest BCUT2D eigenvalue weighted by Gasteiger charge is -2.16. The summed E-state index contributed by atoms with van der Waals surface area (Å²) >= 11 is 0. The molecule has 11 heteroatoms. The second kappa shape index (κ2) is 6.64. The molecule has 0 aliphatic carbocycles. The van der Waals surface area contributed by atoms with Gasteiger partial charge in [0, 0.05) is 7.11 Å². The van der Waals surface area contributed by atoms with Crippen LogP contribution in [-0.4, -0.2) is 64.8 Å². The molecule has 4 atom stereocenters. The number of ether oxygens (including phenoxy) is 3. The summed E-state index contributed by atoms with van der Waals surface area (Å²) in [5.74, 6) is -1.99. The number of carbonyl (C=O) groups is 1. The van der Waals surface area contributed by atoms with Crippen LogP contribution in [0.3, 0.4) is 0 Å². The fourth-order valence-corrected chi connectivity index (χ4v) is 1.99. The molecule has 1 unspecified atom stereocenters. The smallest absolute Gasteiger partial charge is 0.463 e. The number of phosphoric ester groups is 1. The molecule has 1 aliphatic rings. The van der Waals surface area contributed by atoms with Gasteiger partial charge >= 0.3 is 13.8 Å². The highest BCUT2D eigenvalue weighted by molar-refractivity contribution is 7.46. The highest BCUT2D eigenvalue weighted by Crippen LogP contribution is 2.39. The Morgan fingerprint density at radius 3 is 2.35 bits per heavy atom. The number of hydrogen-bond donors (Lipinski definition) is 4. The highest BCUT2D eigenvalue weighted by Gasteiger charge is 2.43. The van der Waals surface area contributed by atoms with Crippen LogP contribution < -0.4 is 0 Å². The minimum Gasteiger partial charge on any atom is -0.463 e. The minimum atomic E-state index is -4.99. The maximum atomic E-state index is 11.4. The predicted molar refractivity (Wildman–Crippen MR) is 60.9 cm³/mol. The molecular weight excluding hydrogens is 299 g/mol. The van der Waals surface area contributed by atoms with Gasteiger partial charge in [0.15, 0.2) is 6.29 Å². The van der Waals surface area contributed by atoms with E-state index in [1.54, 1.807) is 0 Å². The van der Waals surface area contributed by atoms with Crippen molar-refractivity contribution in [1.82, 2.24) is 0 Å². The van der Waals surface area contributed by atoms with Crippen molar-refractivity contribution in [2.24, 2.45) is 0 Å². The summed E-state index contributed by atoms with van der Waals surface area (Å²) in [4.78, 5) is 28.8. The number of phosphoric acid groups is 1. The Morgan fingerprint density at radius 1 is 1.30 bits per heavy atom. The summed E-state index contributed by atoms with van der Waals surface area (Å²) in [5.41, 5.74) is 0. The first-order valence-corrected chi connectivity index (χ1v) is 6.82. The average molecular weight is 314 g/mol. The van der Waals surface area contributed by atoms with Gasteiger partial charge < -0.3 is 28.9 Å². The van der Waals surface area contributed by atoms with E-state index in [0.717, 1.165) is 13.2 Å². The van der Waals surface area contributed by atoms with Crippen LogP contribution in [0.2, 0.25) is 0 Å². The van der Waals surface area contributed by atoms with Crippen LogP contribution in [0.15, 0.2) is 11.8 Å². The Balaban J connectivity index is 3.01. The molecule has 0 aromatic carbocycles. The summed E-state index contributed by atoms with van der Waals surface area (Å²) in [6.07, 6.45) is -4.33. The molecule has 0 radical (unpaired) electrons. The van der Waals surface area contributed by atoms with Gasteiger partial charge in [-0.25, -0.2) is 9.36 Å². The zero-order valence-electron chi connectivity index (χ0n) is 10.6. The van der Waals surface area contributed by atoms with Gasteiger partial charge in [-0.2, -0.15) is 0 Å². The molecule has 1 fully saturated rings. The summed E-state index contributed by atoms with van der Waals surface area (Å²) in [6.45, 7) is 0. The van der Waals surface area contributed by atoms with E-state index in [0.29, 0.717) is 0 Å². The van der Waals surface area contributed by atoms with Crippen LogP contribution >= 0.6 is 7.82 Å². The first kappa shape index (κ1) is 17.1. The molecule has 0 saturated carbocycles. The topological polar surface area (TPSA) is 152 Å². The number of aliphatic hydroxyl groups is 2. The van der Waals surface area contributed by atoms with Gasteiger partial charge in [-0.15, -0.1) is 0 Å². The van der Waals surface area contributed by atoms with E-state index in [2.05, 4.69) is 9.26 Å². The molecule has 0 bridgehead atoms. The monoisotopic (exact) mass is 314 g/mol. The van der Waals surface area contributed by atoms with Crippen molar-refractivity contribution in [2.75, 3.05) is 14.2 Å². The predicted octanol–water partition coefficient (Wildman–Crippen LogP) is -1.75. The molecule has 0 amide bonds. The fraction of sp³-hybridized carbons (Fsp3) is 0.667. The quantitative estimate of drug-likeness (QED) is 0.199. The molecule has 0 spiro atoms. The van der Waals surface area contributed by atoms with Gasteiger partial charge in [0.25, 0.3) is 0 Å². The van der Waals surface area contributed by atoms with Crippen molar-refractivity contribution < 1.29 is 48.1 Å². The molecule has 4 N–H and O–H groups in total. The van der Waals surface area contributed by atoms with Crippen molar-refractivity contribution in [3.63, 3.8) is 0 Å². The highest BCUT2D eigenvalue weighted by atomic mass is 31.2. The van der Waals surface area contributed by atoms with E-state index >= 15 is 0 Å². The molecule has 10 nitrogen and oxygen atoms in total. The van der Waals surface area contributed by atoms with Crippen LogP contribution in [0.1, 0.15) is 0 Å². The fourth-order valence-electron chi connectivity index (χ4n) is 1.60. The second-order valence-electron chi connectivity index (χ2n) is 3.79. The van der Waals surface area contributed by atoms with Crippen LogP contribution in [0.5, 0.6) is 0 Å². The first-order chi connectivity index (χ1) is 9.19. The number of rotatable bonds is 5. The molecule has 1 heterocycles. The van der Waals surface area contributed by atoms with Crippen LogP contribution in [-0.2, 0) is 28.1 Å². The summed E-state index contributed by atoms with van der Waals surface area (Å²) < 4.78 is 29.0. The Bertz CT molecular complexity index is 428. The van der Waals surface area contributed by atoms with E-state index in [1.165, 1.54) is 7.11 Å². The van der Waals surface area contributed by atoms with Crippen molar-refractivity contribution in [3.05, 3.63) is 11.8 Å². The maximum absolute atomic E-state index is 11.4. The third-order valence-corrected chi connectivity index (χ3v) is 2.88. The second-order valence-corrected chi connectivity index (χ2v) is 4.95. The third kappa shape index (κ3) is 4.25. The molecule has 1 saturated heterocycles. The summed E-state index contributed by atoms with van der Waals surface area (Å²) in [6, 6.07) is 0. The normalized spacial score (nSPS) is 31.2. The molecular formula is C9H15O10P. The summed E-state index contributed by atoms with van der Waals surface area (Å²) in [5, 5.41) is 18.8. The van der Waals surface area contributed by atoms with Gasteiger partial charge in [0.05, 0.1) is 7.11 Å². The number of hydrogen-bond acceptors (Lipinski definition) is 8. The van der Waals surface area contributed by atoms with Gasteiger partial charge in [-0.05, 0) is 6.08 Å². The standard InChI is InChI=1S/C9H15O10P/c1-16-7-4(18-9(12)6(7)10)3-5(8(11)17-2)19-20(13,14)15/h3-4,6-7,9-10,12H,1-2H3,(H2,13,14,15)/b5-3+/t4-,6-,7+,9?/m1/s1. The van der Waals surface area contributed by atoms with E-state index in [4.69, 9.17) is 19.3 Å². The Labute approximate surface area is 113 Å². The van der Waals surface area contributed by atoms with Crippen molar-refractivity contribution >= 4 is 13.8 Å². The lowest BCUT2D eigenvalue weighted by Crippen LogP contribution is -2.34. The van der Waals surface area contributed by atoms with Crippen LogP contribution in [0, 0.1) is 0 Å². The Hall–Kier alpha value is -1.00. The number of esters is 1. The third-order valence-electron chi connectivity index (χ3n) is 2.44. The van der Waals surface area contributed by atoms with Crippen molar-refractivity contribution in [3.8, 4) is 0 Å². The lowest BCUT2D eigenvalue weighted by atomic mass is 10.1. The van der Waals surface area contributed by atoms with Crippen molar-refractivity contribution in [2.45, 2.75) is 24.6 Å². The number of methoxy groups -OCH3 is 2. The number of aliphatic hydroxyl groups excluding tert-OH is 2. The molecule has 1 rings (SSSR count). The molecule has 116 valence electrons. The van der Waals surface area contributed by atoms with Crippen LogP contribution in [0.4, 0.5) is 0 Å². The zero-order valence-corrected chi connectivity index (χ0v) is 11.5. The van der Waals surface area contributed by atoms with E-state index in [9.17, 15) is 19.6 Å². The molecule has 0 aromatic rings. The van der Waals surface area contributed by atoms with Gasteiger partial charge in [0.2, 0.25) is 5.76 Å². The van der Waals surface area contributed by atoms with Crippen molar-refractivity contribution in [1.29, 1.82) is 0 Å². The maximum Gasteiger partial charge on any atom is 0.525 e.